The first-order valence-corrected chi connectivity index (χ1v) is 6.19. The van der Waals surface area contributed by atoms with Gasteiger partial charge in [-0.2, -0.15) is 0 Å². The van der Waals surface area contributed by atoms with Gasteiger partial charge < -0.3 is 9.47 Å². The van der Waals surface area contributed by atoms with Gasteiger partial charge in [-0.05, 0) is 13.0 Å². The number of ketones is 1. The molecule has 92 valence electrons. The largest absolute Gasteiger partial charge is 0.359 e. The molecule has 3 rings (SSSR count). The minimum absolute atomic E-state index is 0.112. The van der Waals surface area contributed by atoms with Crippen molar-refractivity contribution in [2.75, 3.05) is 18.5 Å². The SMILES string of the molecule is Cc1cc(C(=O)c2ccccc2)c2n1CCN2C. The summed E-state index contributed by atoms with van der Waals surface area (Å²) in [6.07, 6.45) is 0. The van der Waals surface area contributed by atoms with Crippen LogP contribution in [-0.4, -0.2) is 23.9 Å². The molecule has 1 aliphatic rings. The molecule has 0 N–H and O–H groups in total. The van der Waals surface area contributed by atoms with Crippen LogP contribution in [0.15, 0.2) is 36.4 Å². The number of rotatable bonds is 2. The number of carbonyl (C=O) groups is 1. The van der Waals surface area contributed by atoms with Gasteiger partial charge in [-0.15, -0.1) is 0 Å². The van der Waals surface area contributed by atoms with Crippen LogP contribution in [0.25, 0.3) is 0 Å². The molecule has 2 aromatic rings. The fraction of sp³-hybridized carbons (Fsp3) is 0.267. The van der Waals surface area contributed by atoms with Crippen molar-refractivity contribution in [3.05, 3.63) is 53.2 Å². The third-order valence-corrected chi connectivity index (χ3v) is 3.58. The number of benzene rings is 1. The highest BCUT2D eigenvalue weighted by Crippen LogP contribution is 2.30. The van der Waals surface area contributed by atoms with Crippen LogP contribution in [0.2, 0.25) is 0 Å². The Bertz CT molecular complexity index is 598. The second kappa shape index (κ2) is 4.02. The molecule has 0 saturated carbocycles. The molecule has 3 heteroatoms. The minimum atomic E-state index is 0.112. The lowest BCUT2D eigenvalue weighted by Crippen LogP contribution is -2.15. The second-order valence-corrected chi connectivity index (χ2v) is 4.79. The van der Waals surface area contributed by atoms with E-state index in [1.54, 1.807) is 0 Å². The molecular formula is C15H16N2O. The molecule has 0 spiro atoms. The standard InChI is InChI=1S/C15H16N2O/c1-11-10-13(15-16(2)8-9-17(11)15)14(18)12-6-4-3-5-7-12/h3-7,10H,8-9H2,1-2H3. The third kappa shape index (κ3) is 1.55. The van der Waals surface area contributed by atoms with E-state index in [1.807, 2.05) is 43.4 Å². The lowest BCUT2D eigenvalue weighted by atomic mass is 10.1. The van der Waals surface area contributed by atoms with E-state index >= 15 is 0 Å². The predicted molar refractivity (Wildman–Crippen MR) is 72.3 cm³/mol. The monoisotopic (exact) mass is 240 g/mol. The molecule has 0 amide bonds. The molecule has 2 heterocycles. The Kier molecular flexibility index (Phi) is 2.47. The van der Waals surface area contributed by atoms with Crippen LogP contribution < -0.4 is 4.90 Å². The topological polar surface area (TPSA) is 25.2 Å². The fourth-order valence-electron chi connectivity index (χ4n) is 2.63. The normalized spacial score (nSPS) is 13.8. The van der Waals surface area contributed by atoms with Gasteiger partial charge >= 0.3 is 0 Å². The Morgan fingerprint density at radius 1 is 1.17 bits per heavy atom. The van der Waals surface area contributed by atoms with Gasteiger partial charge in [-0.1, -0.05) is 30.3 Å². The zero-order chi connectivity index (χ0) is 12.7. The van der Waals surface area contributed by atoms with Gasteiger partial charge in [-0.3, -0.25) is 4.79 Å². The van der Waals surface area contributed by atoms with Crippen LogP contribution in [0.1, 0.15) is 21.6 Å². The fourth-order valence-corrected chi connectivity index (χ4v) is 2.63. The molecule has 1 aliphatic heterocycles. The molecular weight excluding hydrogens is 224 g/mol. The minimum Gasteiger partial charge on any atom is -0.359 e. The summed E-state index contributed by atoms with van der Waals surface area (Å²) in [6, 6.07) is 11.5. The maximum Gasteiger partial charge on any atom is 0.196 e. The smallest absolute Gasteiger partial charge is 0.196 e. The van der Waals surface area contributed by atoms with E-state index in [-0.39, 0.29) is 5.78 Å². The summed E-state index contributed by atoms with van der Waals surface area (Å²) in [5.74, 6) is 1.17. The van der Waals surface area contributed by atoms with Crippen molar-refractivity contribution in [1.82, 2.24) is 4.57 Å². The summed E-state index contributed by atoms with van der Waals surface area (Å²) in [5, 5.41) is 0. The summed E-state index contributed by atoms with van der Waals surface area (Å²) in [4.78, 5) is 14.7. The highest BCUT2D eigenvalue weighted by molar-refractivity contribution is 6.12. The number of aryl methyl sites for hydroxylation is 1. The zero-order valence-corrected chi connectivity index (χ0v) is 10.7. The van der Waals surface area contributed by atoms with E-state index in [4.69, 9.17) is 0 Å². The van der Waals surface area contributed by atoms with Gasteiger partial charge in [-0.25, -0.2) is 0 Å². The van der Waals surface area contributed by atoms with Gasteiger partial charge in [0.15, 0.2) is 5.78 Å². The van der Waals surface area contributed by atoms with Crippen molar-refractivity contribution in [3.63, 3.8) is 0 Å². The average molecular weight is 240 g/mol. The first kappa shape index (κ1) is 11.1. The molecule has 3 nitrogen and oxygen atoms in total. The van der Waals surface area contributed by atoms with E-state index in [0.717, 1.165) is 35.7 Å². The number of fused-ring (bicyclic) bond motifs is 1. The van der Waals surface area contributed by atoms with Gasteiger partial charge in [0, 0.05) is 31.4 Å². The van der Waals surface area contributed by atoms with Crippen LogP contribution in [0, 0.1) is 6.92 Å². The first-order chi connectivity index (χ1) is 8.68. The predicted octanol–water partition coefficient (Wildman–Crippen LogP) is 2.48. The molecule has 0 bridgehead atoms. The van der Waals surface area contributed by atoms with Crippen LogP contribution in [-0.2, 0) is 6.54 Å². The van der Waals surface area contributed by atoms with E-state index in [0.29, 0.717) is 0 Å². The summed E-state index contributed by atoms with van der Waals surface area (Å²) < 4.78 is 2.22. The maximum absolute atomic E-state index is 12.5. The van der Waals surface area contributed by atoms with E-state index in [1.165, 1.54) is 0 Å². The number of hydrogen-bond donors (Lipinski definition) is 0. The average Bonchev–Trinajstić information content (AvgIpc) is 2.92. The van der Waals surface area contributed by atoms with Crippen LogP contribution in [0.5, 0.6) is 0 Å². The van der Waals surface area contributed by atoms with Crippen LogP contribution >= 0.6 is 0 Å². The highest BCUT2D eigenvalue weighted by atomic mass is 16.1. The van der Waals surface area contributed by atoms with Gasteiger partial charge in [0.25, 0.3) is 0 Å². The zero-order valence-electron chi connectivity index (χ0n) is 10.7. The highest BCUT2D eigenvalue weighted by Gasteiger charge is 2.26. The summed E-state index contributed by atoms with van der Waals surface area (Å²) in [6.45, 7) is 4.01. The molecule has 0 atom stereocenters. The van der Waals surface area contributed by atoms with Crippen molar-refractivity contribution >= 4 is 11.6 Å². The van der Waals surface area contributed by atoms with Crippen LogP contribution in [0.3, 0.4) is 0 Å². The van der Waals surface area contributed by atoms with E-state index in [9.17, 15) is 4.79 Å². The quantitative estimate of drug-likeness (QED) is 0.753. The lowest BCUT2D eigenvalue weighted by Gasteiger charge is -2.11. The molecule has 0 unspecified atom stereocenters. The Labute approximate surface area is 107 Å². The molecule has 18 heavy (non-hydrogen) atoms. The maximum atomic E-state index is 12.5. The Morgan fingerprint density at radius 3 is 2.61 bits per heavy atom. The Balaban J connectivity index is 2.09. The van der Waals surface area contributed by atoms with Crippen molar-refractivity contribution in [1.29, 1.82) is 0 Å². The van der Waals surface area contributed by atoms with Gasteiger partial charge in [0.05, 0.1) is 5.56 Å². The van der Waals surface area contributed by atoms with Crippen LogP contribution in [0.4, 0.5) is 5.82 Å². The summed E-state index contributed by atoms with van der Waals surface area (Å²) >= 11 is 0. The number of anilines is 1. The van der Waals surface area contributed by atoms with E-state index < -0.39 is 0 Å². The Hall–Kier alpha value is -2.03. The van der Waals surface area contributed by atoms with Gasteiger partial charge in [0.2, 0.25) is 0 Å². The number of aromatic nitrogens is 1. The molecule has 1 aromatic heterocycles. The van der Waals surface area contributed by atoms with Crippen molar-refractivity contribution in [3.8, 4) is 0 Å². The molecule has 0 saturated heterocycles. The van der Waals surface area contributed by atoms with Gasteiger partial charge in [0.1, 0.15) is 5.82 Å². The summed E-state index contributed by atoms with van der Waals surface area (Å²) in [7, 11) is 2.04. The Morgan fingerprint density at radius 2 is 1.89 bits per heavy atom. The van der Waals surface area contributed by atoms with Crippen molar-refractivity contribution in [2.24, 2.45) is 0 Å². The molecule has 0 radical (unpaired) electrons. The molecule has 0 fully saturated rings. The second-order valence-electron chi connectivity index (χ2n) is 4.79. The third-order valence-electron chi connectivity index (χ3n) is 3.58. The number of hydrogen-bond acceptors (Lipinski definition) is 2. The van der Waals surface area contributed by atoms with E-state index in [2.05, 4.69) is 16.4 Å². The molecule has 1 aromatic carbocycles. The number of carbonyl (C=O) groups excluding carboxylic acids is 1. The van der Waals surface area contributed by atoms with Crippen molar-refractivity contribution in [2.45, 2.75) is 13.5 Å². The summed E-state index contributed by atoms with van der Waals surface area (Å²) in [5.41, 5.74) is 2.73. The number of likely N-dealkylation sites (N-methyl/N-ethyl adjacent to an activating group) is 1. The first-order valence-electron chi connectivity index (χ1n) is 6.19. The molecule has 0 aliphatic carbocycles. The van der Waals surface area contributed by atoms with Crippen molar-refractivity contribution < 1.29 is 4.79 Å². The number of nitrogens with zero attached hydrogens (tertiary/aromatic N) is 2. The lowest BCUT2D eigenvalue weighted by molar-refractivity contribution is 0.103.